The Morgan fingerprint density at radius 2 is 2.03 bits per heavy atom. The summed E-state index contributed by atoms with van der Waals surface area (Å²) in [5, 5.41) is 3.03. The Morgan fingerprint density at radius 3 is 2.74 bits per heavy atom. The van der Waals surface area contributed by atoms with E-state index in [2.05, 4.69) is 21.3 Å². The van der Waals surface area contributed by atoms with E-state index in [9.17, 15) is 4.79 Å². The SMILES string of the molecule is Cc1cnc(CC(=O)N[C@H]2CC[C@](F)(CCN3CCc4ccc(OC5CCC5)nc4CC3)CC2)o1. The Bertz CT molecular complexity index is 1010. The number of aromatic nitrogens is 2. The van der Waals surface area contributed by atoms with Crippen LogP contribution in [-0.4, -0.2) is 58.2 Å². The molecule has 2 aliphatic carbocycles. The van der Waals surface area contributed by atoms with E-state index < -0.39 is 5.67 Å². The van der Waals surface area contributed by atoms with Crippen molar-refractivity contribution < 1.29 is 18.3 Å². The van der Waals surface area contributed by atoms with E-state index in [1.165, 1.54) is 12.0 Å². The summed E-state index contributed by atoms with van der Waals surface area (Å²) in [5.41, 5.74) is 1.28. The van der Waals surface area contributed by atoms with Crippen molar-refractivity contribution in [2.45, 2.75) is 95.4 Å². The number of carbonyl (C=O) groups excluding carboxylic acids is 1. The van der Waals surface area contributed by atoms with Crippen LogP contribution in [0, 0.1) is 6.92 Å². The zero-order valence-corrected chi connectivity index (χ0v) is 20.7. The third-order valence-corrected chi connectivity index (χ3v) is 7.85. The minimum absolute atomic E-state index is 0.0255. The van der Waals surface area contributed by atoms with Crippen molar-refractivity contribution in [3.8, 4) is 5.88 Å². The highest BCUT2D eigenvalue weighted by Crippen LogP contribution is 2.35. The second-order valence-electron chi connectivity index (χ2n) is 10.6. The van der Waals surface area contributed by atoms with Gasteiger partial charge in [-0.3, -0.25) is 4.79 Å². The lowest BCUT2D eigenvalue weighted by Gasteiger charge is -2.35. The molecule has 7 nitrogen and oxygen atoms in total. The summed E-state index contributed by atoms with van der Waals surface area (Å²) < 4.78 is 26.9. The van der Waals surface area contributed by atoms with Crippen LogP contribution in [0.4, 0.5) is 4.39 Å². The summed E-state index contributed by atoms with van der Waals surface area (Å²) in [7, 11) is 0. The summed E-state index contributed by atoms with van der Waals surface area (Å²) >= 11 is 0. The molecule has 0 atom stereocenters. The molecule has 0 unspecified atom stereocenters. The number of hydrogen-bond donors (Lipinski definition) is 1. The molecule has 0 bridgehead atoms. The highest BCUT2D eigenvalue weighted by Gasteiger charge is 2.36. The molecule has 0 saturated heterocycles. The molecule has 2 fully saturated rings. The molecule has 1 N–H and O–H groups in total. The molecule has 0 aromatic carbocycles. The molecule has 8 heteroatoms. The van der Waals surface area contributed by atoms with Crippen molar-refractivity contribution >= 4 is 5.91 Å². The van der Waals surface area contributed by atoms with Crippen LogP contribution in [0.25, 0.3) is 0 Å². The Hall–Kier alpha value is -2.48. The average Bonchev–Trinajstić information content (AvgIpc) is 3.10. The number of rotatable bonds is 8. The monoisotopic (exact) mass is 484 g/mol. The van der Waals surface area contributed by atoms with Gasteiger partial charge in [0.2, 0.25) is 17.7 Å². The first-order valence-electron chi connectivity index (χ1n) is 13.2. The zero-order valence-electron chi connectivity index (χ0n) is 20.7. The smallest absolute Gasteiger partial charge is 0.229 e. The fraction of sp³-hybridized carbons (Fsp3) is 0.667. The number of aryl methyl sites for hydroxylation is 1. The largest absolute Gasteiger partial charge is 0.474 e. The van der Waals surface area contributed by atoms with Crippen LogP contribution in [0.5, 0.6) is 5.88 Å². The van der Waals surface area contributed by atoms with Gasteiger partial charge in [0.15, 0.2) is 0 Å². The standard InChI is InChI=1S/C27H37FN4O3/c1-19-18-29-26(34-19)17-24(33)30-21-7-11-27(28,12-8-21)13-16-32-14-9-20-5-6-25(31-23(20)10-15-32)35-22-3-2-4-22/h5-6,18,21-22H,2-4,7-17H2,1H3,(H,30,33)/t21-,27+. The van der Waals surface area contributed by atoms with Gasteiger partial charge in [0, 0.05) is 43.9 Å². The molecule has 3 aliphatic rings. The Morgan fingerprint density at radius 1 is 1.23 bits per heavy atom. The molecule has 0 radical (unpaired) electrons. The Balaban J connectivity index is 1.04. The van der Waals surface area contributed by atoms with Gasteiger partial charge in [-0.2, -0.15) is 0 Å². The molecular formula is C27H37FN4O3. The van der Waals surface area contributed by atoms with Crippen molar-refractivity contribution in [3.63, 3.8) is 0 Å². The lowest BCUT2D eigenvalue weighted by Crippen LogP contribution is -2.43. The molecule has 3 heterocycles. The van der Waals surface area contributed by atoms with Gasteiger partial charge >= 0.3 is 0 Å². The summed E-state index contributed by atoms with van der Waals surface area (Å²) in [5.74, 6) is 1.76. The second-order valence-corrected chi connectivity index (χ2v) is 10.6. The minimum Gasteiger partial charge on any atom is -0.474 e. The van der Waals surface area contributed by atoms with E-state index in [-0.39, 0.29) is 18.4 Å². The minimum atomic E-state index is -1.15. The van der Waals surface area contributed by atoms with Crippen LogP contribution in [0.3, 0.4) is 0 Å². The molecular weight excluding hydrogens is 447 g/mol. The van der Waals surface area contributed by atoms with Crippen molar-refractivity contribution in [1.29, 1.82) is 0 Å². The van der Waals surface area contributed by atoms with Crippen LogP contribution < -0.4 is 10.1 Å². The van der Waals surface area contributed by atoms with Gasteiger partial charge in [0.05, 0.1) is 6.20 Å². The van der Waals surface area contributed by atoms with Crippen LogP contribution in [-0.2, 0) is 24.1 Å². The van der Waals surface area contributed by atoms with E-state index in [1.807, 2.05) is 6.07 Å². The zero-order chi connectivity index (χ0) is 24.3. The fourth-order valence-electron chi connectivity index (χ4n) is 5.34. The first-order chi connectivity index (χ1) is 16.9. The van der Waals surface area contributed by atoms with Gasteiger partial charge in [0.1, 0.15) is 24.0 Å². The van der Waals surface area contributed by atoms with Crippen molar-refractivity contribution in [1.82, 2.24) is 20.2 Å². The molecule has 2 saturated carbocycles. The van der Waals surface area contributed by atoms with Gasteiger partial charge < -0.3 is 19.4 Å². The molecule has 2 aromatic rings. The summed E-state index contributed by atoms with van der Waals surface area (Å²) in [6.07, 6.45) is 10.3. The van der Waals surface area contributed by atoms with Crippen molar-refractivity contribution in [2.75, 3.05) is 19.6 Å². The van der Waals surface area contributed by atoms with E-state index in [1.54, 1.807) is 13.1 Å². The molecule has 1 amide bonds. The maximum Gasteiger partial charge on any atom is 0.229 e. The summed E-state index contributed by atoms with van der Waals surface area (Å²) in [6, 6.07) is 4.19. The maximum absolute atomic E-state index is 15.6. The number of hydrogen-bond acceptors (Lipinski definition) is 6. The Kier molecular flexibility index (Phi) is 7.37. The number of alkyl halides is 1. The molecule has 0 spiro atoms. The van der Waals surface area contributed by atoms with Crippen LogP contribution in [0.15, 0.2) is 22.7 Å². The van der Waals surface area contributed by atoms with Crippen LogP contribution in [0.2, 0.25) is 0 Å². The second kappa shape index (κ2) is 10.6. The maximum atomic E-state index is 15.6. The molecule has 1 aliphatic heterocycles. The first-order valence-corrected chi connectivity index (χ1v) is 13.2. The molecule has 5 rings (SSSR count). The van der Waals surface area contributed by atoms with E-state index in [4.69, 9.17) is 14.1 Å². The van der Waals surface area contributed by atoms with E-state index in [0.717, 1.165) is 56.9 Å². The number of carbonyl (C=O) groups is 1. The molecule has 2 aromatic heterocycles. The number of nitrogens with zero attached hydrogens (tertiary/aromatic N) is 3. The van der Waals surface area contributed by atoms with Crippen LogP contribution in [0.1, 0.15) is 74.3 Å². The quantitative estimate of drug-likeness (QED) is 0.607. The summed E-state index contributed by atoms with van der Waals surface area (Å²) in [4.78, 5) is 23.5. The average molecular weight is 485 g/mol. The molecule has 190 valence electrons. The number of amides is 1. The van der Waals surface area contributed by atoms with E-state index >= 15 is 4.39 Å². The van der Waals surface area contributed by atoms with Crippen LogP contribution >= 0.6 is 0 Å². The van der Waals surface area contributed by atoms with Gasteiger partial charge in [0.25, 0.3) is 0 Å². The predicted molar refractivity (Wildman–Crippen MR) is 130 cm³/mol. The van der Waals surface area contributed by atoms with Gasteiger partial charge in [-0.15, -0.1) is 0 Å². The van der Waals surface area contributed by atoms with Gasteiger partial charge in [-0.05, 0) is 70.3 Å². The number of ether oxygens (including phenoxy) is 1. The summed E-state index contributed by atoms with van der Waals surface area (Å²) in [6.45, 7) is 4.41. The Labute approximate surface area is 206 Å². The van der Waals surface area contributed by atoms with Crippen molar-refractivity contribution in [3.05, 3.63) is 41.2 Å². The number of nitrogens with one attached hydrogen (secondary N) is 1. The topological polar surface area (TPSA) is 80.5 Å². The lowest BCUT2D eigenvalue weighted by molar-refractivity contribution is -0.122. The van der Waals surface area contributed by atoms with E-state index in [0.29, 0.717) is 49.9 Å². The highest BCUT2D eigenvalue weighted by molar-refractivity contribution is 5.77. The highest BCUT2D eigenvalue weighted by atomic mass is 19.1. The number of halogens is 1. The normalized spacial score (nSPS) is 25.4. The van der Waals surface area contributed by atoms with Crippen molar-refractivity contribution in [2.24, 2.45) is 0 Å². The first kappa shape index (κ1) is 24.2. The number of pyridine rings is 1. The number of fused-ring (bicyclic) bond motifs is 1. The lowest BCUT2D eigenvalue weighted by atomic mass is 9.81. The number of oxazole rings is 1. The fourth-order valence-corrected chi connectivity index (χ4v) is 5.34. The predicted octanol–water partition coefficient (Wildman–Crippen LogP) is 4.11. The third-order valence-electron chi connectivity index (χ3n) is 7.85. The third kappa shape index (κ3) is 6.40. The molecule has 35 heavy (non-hydrogen) atoms. The van der Waals surface area contributed by atoms with Gasteiger partial charge in [-0.1, -0.05) is 6.07 Å². The van der Waals surface area contributed by atoms with Gasteiger partial charge in [-0.25, -0.2) is 14.4 Å².